The maximum atomic E-state index is 11.8. The highest BCUT2D eigenvalue weighted by molar-refractivity contribution is 7.90. The van der Waals surface area contributed by atoms with Gasteiger partial charge in [-0.3, -0.25) is 10.6 Å². The Hall–Kier alpha value is -1.60. The number of hydrogen-bond acceptors (Lipinski definition) is 5. The van der Waals surface area contributed by atoms with E-state index >= 15 is 0 Å². The molecule has 7 heteroatoms. The number of anilines is 1. The van der Waals surface area contributed by atoms with Crippen LogP contribution in [0.15, 0.2) is 24.3 Å². The largest absolute Gasteiger partial charge is 0.349 e. The Labute approximate surface area is 106 Å². The van der Waals surface area contributed by atoms with E-state index < -0.39 is 15.9 Å². The van der Waals surface area contributed by atoms with E-state index in [2.05, 4.69) is 10.7 Å². The van der Waals surface area contributed by atoms with Crippen LogP contribution in [-0.2, 0) is 9.84 Å². The van der Waals surface area contributed by atoms with Crippen molar-refractivity contribution < 1.29 is 13.2 Å². The van der Waals surface area contributed by atoms with Crippen molar-refractivity contribution in [3.8, 4) is 0 Å². The van der Waals surface area contributed by atoms with Crippen LogP contribution in [-0.4, -0.2) is 32.4 Å². The van der Waals surface area contributed by atoms with Gasteiger partial charge in [-0.25, -0.2) is 8.42 Å². The number of hydrogen-bond donors (Lipinski definition) is 3. The minimum atomic E-state index is -3.10. The predicted molar refractivity (Wildman–Crippen MR) is 70.9 cm³/mol. The number of nitrogens with two attached hydrogens (primary N) is 1. The second-order valence-electron chi connectivity index (χ2n) is 4.19. The third-order valence-corrected chi connectivity index (χ3v) is 3.35. The SMILES string of the molecule is CC(CS(C)(=O)=O)NC(=O)c1ccc(NN)cc1. The van der Waals surface area contributed by atoms with E-state index in [1.807, 2.05) is 0 Å². The fraction of sp³-hybridized carbons (Fsp3) is 0.364. The summed E-state index contributed by atoms with van der Waals surface area (Å²) in [6.45, 7) is 1.65. The molecule has 1 atom stereocenters. The van der Waals surface area contributed by atoms with Gasteiger partial charge in [0.05, 0.1) is 5.75 Å². The molecule has 1 aromatic rings. The molecule has 0 saturated heterocycles. The van der Waals surface area contributed by atoms with Crippen LogP contribution in [0.25, 0.3) is 0 Å². The molecule has 100 valence electrons. The van der Waals surface area contributed by atoms with Gasteiger partial charge >= 0.3 is 0 Å². The van der Waals surface area contributed by atoms with Crippen molar-refractivity contribution >= 4 is 21.4 Å². The zero-order valence-electron chi connectivity index (χ0n) is 10.3. The lowest BCUT2D eigenvalue weighted by molar-refractivity contribution is 0.0943. The van der Waals surface area contributed by atoms with E-state index in [1.54, 1.807) is 31.2 Å². The van der Waals surface area contributed by atoms with Crippen LogP contribution in [0.4, 0.5) is 5.69 Å². The molecule has 0 bridgehead atoms. The van der Waals surface area contributed by atoms with Gasteiger partial charge in [0, 0.05) is 23.5 Å². The zero-order valence-corrected chi connectivity index (χ0v) is 11.1. The average Bonchev–Trinajstić information content (AvgIpc) is 2.26. The normalized spacial score (nSPS) is 12.8. The Morgan fingerprint density at radius 2 is 1.89 bits per heavy atom. The smallest absolute Gasteiger partial charge is 0.251 e. The van der Waals surface area contributed by atoms with Crippen LogP contribution in [0.5, 0.6) is 0 Å². The summed E-state index contributed by atoms with van der Waals surface area (Å²) >= 11 is 0. The summed E-state index contributed by atoms with van der Waals surface area (Å²) < 4.78 is 22.1. The summed E-state index contributed by atoms with van der Waals surface area (Å²) in [5.74, 6) is 4.82. The van der Waals surface area contributed by atoms with Crippen LogP contribution >= 0.6 is 0 Å². The minimum Gasteiger partial charge on any atom is -0.349 e. The van der Waals surface area contributed by atoms with Gasteiger partial charge in [-0.05, 0) is 31.2 Å². The van der Waals surface area contributed by atoms with Crippen LogP contribution in [0.3, 0.4) is 0 Å². The van der Waals surface area contributed by atoms with Crippen molar-refractivity contribution in [3.63, 3.8) is 0 Å². The average molecular weight is 271 g/mol. The highest BCUT2D eigenvalue weighted by Crippen LogP contribution is 2.08. The van der Waals surface area contributed by atoms with Gasteiger partial charge in [0.1, 0.15) is 9.84 Å². The molecule has 4 N–H and O–H groups in total. The van der Waals surface area contributed by atoms with Crippen molar-refractivity contribution in [2.45, 2.75) is 13.0 Å². The van der Waals surface area contributed by atoms with Crippen molar-refractivity contribution in [1.29, 1.82) is 0 Å². The van der Waals surface area contributed by atoms with Gasteiger partial charge < -0.3 is 10.7 Å². The van der Waals surface area contributed by atoms with Crippen LogP contribution in [0, 0.1) is 0 Å². The molecular weight excluding hydrogens is 254 g/mol. The van der Waals surface area contributed by atoms with Gasteiger partial charge in [-0.1, -0.05) is 0 Å². The molecular formula is C11H17N3O3S. The van der Waals surface area contributed by atoms with E-state index in [0.29, 0.717) is 11.3 Å². The molecule has 1 unspecified atom stereocenters. The van der Waals surface area contributed by atoms with Gasteiger partial charge in [0.25, 0.3) is 5.91 Å². The topological polar surface area (TPSA) is 101 Å². The Morgan fingerprint density at radius 1 is 1.33 bits per heavy atom. The lowest BCUT2D eigenvalue weighted by Gasteiger charge is -2.12. The van der Waals surface area contributed by atoms with Gasteiger partial charge in [0.15, 0.2) is 0 Å². The van der Waals surface area contributed by atoms with E-state index in [9.17, 15) is 13.2 Å². The summed E-state index contributed by atoms with van der Waals surface area (Å²) in [4.78, 5) is 11.8. The maximum absolute atomic E-state index is 11.8. The number of carbonyl (C=O) groups excluding carboxylic acids is 1. The number of sulfone groups is 1. The Morgan fingerprint density at radius 3 is 2.33 bits per heavy atom. The third kappa shape index (κ3) is 4.72. The second kappa shape index (κ2) is 5.83. The first-order valence-corrected chi connectivity index (χ1v) is 7.43. The fourth-order valence-corrected chi connectivity index (χ4v) is 2.51. The van der Waals surface area contributed by atoms with Crippen LogP contribution in [0.2, 0.25) is 0 Å². The molecule has 1 amide bonds. The molecule has 6 nitrogen and oxygen atoms in total. The first-order valence-electron chi connectivity index (χ1n) is 5.37. The van der Waals surface area contributed by atoms with E-state index in [0.717, 1.165) is 6.26 Å². The van der Waals surface area contributed by atoms with Crippen LogP contribution < -0.4 is 16.6 Å². The van der Waals surface area contributed by atoms with Crippen molar-refractivity contribution in [3.05, 3.63) is 29.8 Å². The zero-order chi connectivity index (χ0) is 13.8. The summed E-state index contributed by atoms with van der Waals surface area (Å²) in [7, 11) is -3.10. The standard InChI is InChI=1S/C11H17N3O3S/c1-8(7-18(2,16)17)13-11(15)9-3-5-10(14-12)6-4-9/h3-6,8,14H,7,12H2,1-2H3,(H,13,15). The molecule has 1 aromatic carbocycles. The fourth-order valence-electron chi connectivity index (χ4n) is 1.52. The van der Waals surface area contributed by atoms with E-state index in [-0.39, 0.29) is 11.7 Å². The molecule has 0 aliphatic rings. The number of carbonyl (C=O) groups is 1. The van der Waals surface area contributed by atoms with Crippen molar-refractivity contribution in [1.82, 2.24) is 5.32 Å². The van der Waals surface area contributed by atoms with E-state index in [1.165, 1.54) is 0 Å². The van der Waals surface area contributed by atoms with Crippen molar-refractivity contribution in [2.24, 2.45) is 5.84 Å². The molecule has 0 aliphatic heterocycles. The summed E-state index contributed by atoms with van der Waals surface area (Å²) in [5.41, 5.74) is 3.60. The number of rotatable bonds is 5. The summed E-state index contributed by atoms with van der Waals surface area (Å²) in [6, 6.07) is 6.11. The predicted octanol–water partition coefficient (Wildman–Crippen LogP) is 0.135. The monoisotopic (exact) mass is 271 g/mol. The number of nitrogen functional groups attached to an aromatic ring is 1. The molecule has 18 heavy (non-hydrogen) atoms. The number of nitrogens with one attached hydrogen (secondary N) is 2. The highest BCUT2D eigenvalue weighted by atomic mass is 32.2. The molecule has 0 heterocycles. The molecule has 0 saturated carbocycles. The van der Waals surface area contributed by atoms with Gasteiger partial charge in [-0.2, -0.15) is 0 Å². The Balaban J connectivity index is 2.64. The number of amides is 1. The Kier molecular flexibility index (Phi) is 4.69. The molecule has 1 rings (SSSR count). The second-order valence-corrected chi connectivity index (χ2v) is 6.37. The van der Waals surface area contributed by atoms with Gasteiger partial charge in [0.2, 0.25) is 0 Å². The lowest BCUT2D eigenvalue weighted by Crippen LogP contribution is -2.37. The Bertz CT molecular complexity index is 511. The molecule has 0 spiro atoms. The maximum Gasteiger partial charge on any atom is 0.251 e. The first-order chi connectivity index (χ1) is 8.31. The van der Waals surface area contributed by atoms with Crippen molar-refractivity contribution in [2.75, 3.05) is 17.4 Å². The minimum absolute atomic E-state index is 0.0822. The molecule has 0 radical (unpaired) electrons. The van der Waals surface area contributed by atoms with Crippen LogP contribution in [0.1, 0.15) is 17.3 Å². The molecule has 0 fully saturated rings. The highest BCUT2D eigenvalue weighted by Gasteiger charge is 2.14. The third-order valence-electron chi connectivity index (χ3n) is 2.24. The summed E-state index contributed by atoms with van der Waals surface area (Å²) in [6.07, 6.45) is 1.14. The number of benzene rings is 1. The first kappa shape index (κ1) is 14.5. The van der Waals surface area contributed by atoms with E-state index in [4.69, 9.17) is 5.84 Å². The summed E-state index contributed by atoms with van der Waals surface area (Å²) in [5, 5.41) is 2.62. The lowest BCUT2D eigenvalue weighted by atomic mass is 10.2. The molecule has 0 aromatic heterocycles. The molecule has 0 aliphatic carbocycles. The van der Waals surface area contributed by atoms with Gasteiger partial charge in [-0.15, -0.1) is 0 Å². The quantitative estimate of drug-likeness (QED) is 0.522. The number of hydrazine groups is 1.